The minimum Gasteiger partial charge on any atom is -0.381 e. The van der Waals surface area contributed by atoms with Crippen LogP contribution in [-0.4, -0.2) is 0 Å². The van der Waals surface area contributed by atoms with Gasteiger partial charge in [-0.15, -0.1) is 0 Å². The van der Waals surface area contributed by atoms with E-state index in [4.69, 9.17) is 0 Å². The second kappa shape index (κ2) is 5.66. The molecular formula is C18H22FN. The molecule has 2 aromatic carbocycles. The highest BCUT2D eigenvalue weighted by atomic mass is 19.1. The van der Waals surface area contributed by atoms with Crippen molar-refractivity contribution in [2.24, 2.45) is 0 Å². The Morgan fingerprint density at radius 2 is 1.75 bits per heavy atom. The van der Waals surface area contributed by atoms with Crippen LogP contribution in [-0.2, 0) is 12.0 Å². The first kappa shape index (κ1) is 14.6. The first-order chi connectivity index (χ1) is 9.38. The summed E-state index contributed by atoms with van der Waals surface area (Å²) in [6.45, 7) is 8.99. The molecule has 2 heteroatoms. The summed E-state index contributed by atoms with van der Waals surface area (Å²) in [5.74, 6) is -0.145. The molecule has 2 rings (SSSR count). The van der Waals surface area contributed by atoms with Crippen LogP contribution in [0, 0.1) is 12.7 Å². The van der Waals surface area contributed by atoms with Crippen LogP contribution in [0.15, 0.2) is 42.5 Å². The van der Waals surface area contributed by atoms with Crippen molar-refractivity contribution in [3.8, 4) is 0 Å². The van der Waals surface area contributed by atoms with Gasteiger partial charge >= 0.3 is 0 Å². The van der Waals surface area contributed by atoms with E-state index in [9.17, 15) is 4.39 Å². The topological polar surface area (TPSA) is 12.0 Å². The highest BCUT2D eigenvalue weighted by molar-refractivity contribution is 5.54. The normalized spacial score (nSPS) is 11.4. The molecular weight excluding hydrogens is 249 g/mol. The summed E-state index contributed by atoms with van der Waals surface area (Å²) in [6.07, 6.45) is 0. The van der Waals surface area contributed by atoms with Crippen molar-refractivity contribution in [3.63, 3.8) is 0 Å². The Hall–Kier alpha value is -1.83. The molecule has 0 spiro atoms. The minimum atomic E-state index is -0.145. The summed E-state index contributed by atoms with van der Waals surface area (Å²) in [4.78, 5) is 0. The summed E-state index contributed by atoms with van der Waals surface area (Å²) in [5.41, 5.74) is 4.11. The zero-order chi connectivity index (χ0) is 14.8. The molecule has 0 unspecified atom stereocenters. The van der Waals surface area contributed by atoms with Gasteiger partial charge < -0.3 is 5.32 Å². The molecule has 0 aliphatic rings. The van der Waals surface area contributed by atoms with E-state index < -0.39 is 0 Å². The van der Waals surface area contributed by atoms with Crippen molar-refractivity contribution in [1.29, 1.82) is 0 Å². The van der Waals surface area contributed by atoms with E-state index in [0.29, 0.717) is 12.1 Å². The molecule has 0 fully saturated rings. The number of benzene rings is 2. The largest absolute Gasteiger partial charge is 0.381 e. The minimum absolute atomic E-state index is 0.0854. The summed E-state index contributed by atoms with van der Waals surface area (Å²) < 4.78 is 13.5. The van der Waals surface area contributed by atoms with Crippen molar-refractivity contribution in [2.75, 3.05) is 5.32 Å². The molecule has 0 bridgehead atoms. The lowest BCUT2D eigenvalue weighted by Gasteiger charge is -2.23. The lowest BCUT2D eigenvalue weighted by Crippen LogP contribution is -2.14. The average Bonchev–Trinajstić information content (AvgIpc) is 2.39. The summed E-state index contributed by atoms with van der Waals surface area (Å²) in [7, 11) is 0. The molecule has 0 aliphatic heterocycles. The van der Waals surface area contributed by atoms with Gasteiger partial charge in [0.15, 0.2) is 0 Å². The molecule has 20 heavy (non-hydrogen) atoms. The predicted octanol–water partition coefficient (Wildman–Crippen LogP) is 5.04. The number of rotatable bonds is 3. The van der Waals surface area contributed by atoms with Gasteiger partial charge in [0.05, 0.1) is 0 Å². The second-order valence-electron chi connectivity index (χ2n) is 6.23. The van der Waals surface area contributed by atoms with Gasteiger partial charge in [0.25, 0.3) is 0 Å². The number of aryl methyl sites for hydroxylation is 1. The van der Waals surface area contributed by atoms with Gasteiger partial charge in [-0.25, -0.2) is 4.39 Å². The molecule has 0 saturated carbocycles. The maximum Gasteiger partial charge on any atom is 0.126 e. The van der Waals surface area contributed by atoms with Crippen molar-refractivity contribution >= 4 is 5.69 Å². The first-order valence-corrected chi connectivity index (χ1v) is 6.96. The molecule has 1 N–H and O–H groups in total. The summed E-state index contributed by atoms with van der Waals surface area (Å²) in [5, 5.41) is 3.42. The van der Waals surface area contributed by atoms with Gasteiger partial charge in [-0.3, -0.25) is 0 Å². The molecule has 0 heterocycles. The number of halogens is 1. The van der Waals surface area contributed by atoms with Crippen LogP contribution < -0.4 is 5.32 Å². The van der Waals surface area contributed by atoms with E-state index in [-0.39, 0.29) is 11.2 Å². The van der Waals surface area contributed by atoms with Gasteiger partial charge in [0.1, 0.15) is 5.82 Å². The Labute approximate surface area is 120 Å². The smallest absolute Gasteiger partial charge is 0.126 e. The highest BCUT2D eigenvalue weighted by Crippen LogP contribution is 2.29. The molecule has 0 aromatic heterocycles. The zero-order valence-corrected chi connectivity index (χ0v) is 12.6. The van der Waals surface area contributed by atoms with Crippen molar-refractivity contribution in [2.45, 2.75) is 39.7 Å². The van der Waals surface area contributed by atoms with Gasteiger partial charge in [-0.2, -0.15) is 0 Å². The van der Waals surface area contributed by atoms with E-state index >= 15 is 0 Å². The molecule has 0 saturated heterocycles. The fraction of sp³-hybridized carbons (Fsp3) is 0.333. The van der Waals surface area contributed by atoms with Gasteiger partial charge in [0, 0.05) is 12.2 Å². The zero-order valence-electron chi connectivity index (χ0n) is 12.6. The Balaban J connectivity index is 2.17. The van der Waals surface area contributed by atoms with Gasteiger partial charge in [0.2, 0.25) is 0 Å². The maximum atomic E-state index is 13.5. The van der Waals surface area contributed by atoms with E-state index in [0.717, 1.165) is 11.3 Å². The molecule has 1 nitrogen and oxygen atoms in total. The second-order valence-corrected chi connectivity index (χ2v) is 6.23. The standard InChI is InChI=1S/C18H22FN/c1-13-9-10-14(11-16(13)19)12-20-17-8-6-5-7-15(17)18(2,3)4/h5-11,20H,12H2,1-4H3. The third-order valence-electron chi connectivity index (χ3n) is 3.45. The van der Waals surface area contributed by atoms with Crippen molar-refractivity contribution in [3.05, 3.63) is 65.0 Å². The monoisotopic (exact) mass is 271 g/mol. The number of para-hydroxylation sites is 1. The lowest BCUT2D eigenvalue weighted by molar-refractivity contribution is 0.591. The molecule has 106 valence electrons. The van der Waals surface area contributed by atoms with Crippen LogP contribution in [0.4, 0.5) is 10.1 Å². The van der Waals surface area contributed by atoms with Crippen LogP contribution in [0.5, 0.6) is 0 Å². The van der Waals surface area contributed by atoms with Crippen LogP contribution in [0.2, 0.25) is 0 Å². The molecule has 0 amide bonds. The highest BCUT2D eigenvalue weighted by Gasteiger charge is 2.17. The molecule has 2 aromatic rings. The van der Waals surface area contributed by atoms with E-state index in [2.05, 4.69) is 44.3 Å². The van der Waals surface area contributed by atoms with E-state index in [1.165, 1.54) is 5.56 Å². The SMILES string of the molecule is Cc1ccc(CNc2ccccc2C(C)(C)C)cc1F. The maximum absolute atomic E-state index is 13.5. The van der Waals surface area contributed by atoms with Crippen LogP contribution in [0.3, 0.4) is 0 Å². The van der Waals surface area contributed by atoms with Crippen LogP contribution in [0.25, 0.3) is 0 Å². The fourth-order valence-electron chi connectivity index (χ4n) is 2.23. The number of hydrogen-bond acceptors (Lipinski definition) is 1. The quantitative estimate of drug-likeness (QED) is 0.824. The number of hydrogen-bond donors (Lipinski definition) is 1. The summed E-state index contributed by atoms with van der Waals surface area (Å²) >= 11 is 0. The molecule has 0 radical (unpaired) electrons. The van der Waals surface area contributed by atoms with Crippen LogP contribution >= 0.6 is 0 Å². The third kappa shape index (κ3) is 3.38. The Kier molecular flexibility index (Phi) is 4.12. The average molecular weight is 271 g/mol. The van der Waals surface area contributed by atoms with Crippen molar-refractivity contribution < 1.29 is 4.39 Å². The third-order valence-corrected chi connectivity index (χ3v) is 3.45. The Bertz CT molecular complexity index is 597. The lowest BCUT2D eigenvalue weighted by atomic mass is 9.86. The molecule has 0 atom stereocenters. The molecule has 0 aliphatic carbocycles. The van der Waals surface area contributed by atoms with Gasteiger partial charge in [-0.1, -0.05) is 51.1 Å². The van der Waals surface area contributed by atoms with Crippen molar-refractivity contribution in [1.82, 2.24) is 0 Å². The number of anilines is 1. The van der Waals surface area contributed by atoms with Crippen LogP contribution in [0.1, 0.15) is 37.5 Å². The van der Waals surface area contributed by atoms with Gasteiger partial charge in [-0.05, 0) is 41.2 Å². The number of nitrogens with one attached hydrogen (secondary N) is 1. The Morgan fingerprint density at radius 3 is 2.40 bits per heavy atom. The van der Waals surface area contributed by atoms with E-state index in [1.54, 1.807) is 13.0 Å². The summed E-state index contributed by atoms with van der Waals surface area (Å²) in [6, 6.07) is 13.7. The fourth-order valence-corrected chi connectivity index (χ4v) is 2.23. The predicted molar refractivity (Wildman–Crippen MR) is 83.6 cm³/mol. The van der Waals surface area contributed by atoms with E-state index in [1.807, 2.05) is 18.2 Å². The first-order valence-electron chi connectivity index (χ1n) is 6.96. The Morgan fingerprint density at radius 1 is 1.05 bits per heavy atom.